The Morgan fingerprint density at radius 1 is 1.04 bits per heavy atom. The predicted molar refractivity (Wildman–Crippen MR) is 90.0 cm³/mol. The standard InChI is InChI=1S/C19H26N2O2/c1-15-5-2-3-6-16(15)9-10-18(22)20-11-4-12-21(14-13-20)19(23)17-7-8-17/h2-3,5-6,17H,4,7-14H2,1H3. The van der Waals surface area contributed by atoms with Gasteiger partial charge in [0.25, 0.3) is 0 Å². The van der Waals surface area contributed by atoms with E-state index in [0.29, 0.717) is 25.4 Å². The number of amides is 2. The van der Waals surface area contributed by atoms with Crippen molar-refractivity contribution in [2.24, 2.45) is 5.92 Å². The monoisotopic (exact) mass is 314 g/mol. The highest BCUT2D eigenvalue weighted by atomic mass is 16.2. The van der Waals surface area contributed by atoms with Crippen molar-refractivity contribution in [2.75, 3.05) is 26.2 Å². The summed E-state index contributed by atoms with van der Waals surface area (Å²) in [6, 6.07) is 8.25. The molecule has 23 heavy (non-hydrogen) atoms. The van der Waals surface area contributed by atoms with Crippen LogP contribution in [0.3, 0.4) is 0 Å². The Balaban J connectivity index is 1.49. The topological polar surface area (TPSA) is 40.6 Å². The molecule has 1 aliphatic carbocycles. The first-order valence-corrected chi connectivity index (χ1v) is 8.76. The van der Waals surface area contributed by atoms with Crippen LogP contribution < -0.4 is 0 Å². The second-order valence-corrected chi connectivity index (χ2v) is 6.76. The van der Waals surface area contributed by atoms with Crippen LogP contribution in [0.25, 0.3) is 0 Å². The lowest BCUT2D eigenvalue weighted by molar-refractivity contribution is -0.134. The molecular weight excluding hydrogens is 288 g/mol. The summed E-state index contributed by atoms with van der Waals surface area (Å²) in [7, 11) is 0. The summed E-state index contributed by atoms with van der Waals surface area (Å²) in [4.78, 5) is 28.5. The Kier molecular flexibility index (Phi) is 4.99. The molecule has 1 aliphatic heterocycles. The largest absolute Gasteiger partial charge is 0.341 e. The third kappa shape index (κ3) is 4.12. The third-order valence-electron chi connectivity index (χ3n) is 4.96. The Morgan fingerprint density at radius 3 is 2.48 bits per heavy atom. The summed E-state index contributed by atoms with van der Waals surface area (Å²) in [5.41, 5.74) is 2.50. The Morgan fingerprint density at radius 2 is 1.74 bits per heavy atom. The molecule has 2 fully saturated rings. The highest BCUT2D eigenvalue weighted by Gasteiger charge is 2.34. The van der Waals surface area contributed by atoms with Gasteiger partial charge in [0.2, 0.25) is 11.8 Å². The van der Waals surface area contributed by atoms with Crippen molar-refractivity contribution in [2.45, 2.75) is 39.0 Å². The summed E-state index contributed by atoms with van der Waals surface area (Å²) in [6.07, 6.45) is 4.35. The van der Waals surface area contributed by atoms with Crippen molar-refractivity contribution in [3.8, 4) is 0 Å². The molecule has 0 radical (unpaired) electrons. The number of nitrogens with zero attached hydrogens (tertiary/aromatic N) is 2. The summed E-state index contributed by atoms with van der Waals surface area (Å²) < 4.78 is 0. The van der Waals surface area contributed by atoms with Crippen LogP contribution in [0.4, 0.5) is 0 Å². The number of aryl methyl sites for hydroxylation is 2. The van der Waals surface area contributed by atoms with Gasteiger partial charge in [-0.2, -0.15) is 0 Å². The highest BCUT2D eigenvalue weighted by Crippen LogP contribution is 2.31. The molecule has 0 spiro atoms. The van der Waals surface area contributed by atoms with E-state index < -0.39 is 0 Å². The van der Waals surface area contributed by atoms with Crippen molar-refractivity contribution in [1.82, 2.24) is 9.80 Å². The molecule has 1 aromatic rings. The number of benzene rings is 1. The summed E-state index contributed by atoms with van der Waals surface area (Å²) >= 11 is 0. The molecule has 1 saturated carbocycles. The normalized spacial score (nSPS) is 18.7. The molecule has 4 nitrogen and oxygen atoms in total. The van der Waals surface area contributed by atoms with Crippen LogP contribution in [-0.2, 0) is 16.0 Å². The van der Waals surface area contributed by atoms with Crippen LogP contribution in [0.5, 0.6) is 0 Å². The lowest BCUT2D eigenvalue weighted by atomic mass is 10.0. The summed E-state index contributed by atoms with van der Waals surface area (Å²) in [6.45, 7) is 5.06. The maximum absolute atomic E-state index is 12.5. The summed E-state index contributed by atoms with van der Waals surface area (Å²) in [5.74, 6) is 0.798. The molecule has 0 aromatic heterocycles. The van der Waals surface area contributed by atoms with Gasteiger partial charge in [-0.05, 0) is 43.7 Å². The maximum atomic E-state index is 12.5. The van der Waals surface area contributed by atoms with Crippen LogP contribution in [0.1, 0.15) is 36.8 Å². The minimum atomic E-state index is 0.217. The molecule has 2 aliphatic rings. The number of carbonyl (C=O) groups is 2. The molecule has 0 bridgehead atoms. The van der Waals surface area contributed by atoms with E-state index in [-0.39, 0.29) is 11.8 Å². The van der Waals surface area contributed by atoms with Crippen molar-refractivity contribution >= 4 is 11.8 Å². The van der Waals surface area contributed by atoms with Crippen LogP contribution in [-0.4, -0.2) is 47.8 Å². The number of rotatable bonds is 4. The molecule has 1 heterocycles. The highest BCUT2D eigenvalue weighted by molar-refractivity contribution is 5.81. The molecule has 1 aromatic carbocycles. The van der Waals surface area contributed by atoms with Gasteiger partial charge in [-0.15, -0.1) is 0 Å². The van der Waals surface area contributed by atoms with Gasteiger partial charge in [-0.3, -0.25) is 9.59 Å². The van der Waals surface area contributed by atoms with Gasteiger partial charge in [0, 0.05) is 38.5 Å². The first-order chi connectivity index (χ1) is 11.1. The minimum Gasteiger partial charge on any atom is -0.341 e. The van der Waals surface area contributed by atoms with Crippen molar-refractivity contribution in [3.05, 3.63) is 35.4 Å². The minimum absolute atomic E-state index is 0.217. The fourth-order valence-electron chi connectivity index (χ4n) is 3.27. The van der Waals surface area contributed by atoms with E-state index in [9.17, 15) is 9.59 Å². The van der Waals surface area contributed by atoms with Crippen LogP contribution >= 0.6 is 0 Å². The molecule has 0 N–H and O–H groups in total. The van der Waals surface area contributed by atoms with Crippen LogP contribution in [0, 0.1) is 12.8 Å². The Hall–Kier alpha value is -1.84. The quantitative estimate of drug-likeness (QED) is 0.856. The molecule has 0 unspecified atom stereocenters. The van der Waals surface area contributed by atoms with Gasteiger partial charge in [0.1, 0.15) is 0 Å². The zero-order chi connectivity index (χ0) is 16.2. The van der Waals surface area contributed by atoms with Gasteiger partial charge in [-0.1, -0.05) is 24.3 Å². The second-order valence-electron chi connectivity index (χ2n) is 6.76. The van der Waals surface area contributed by atoms with Crippen molar-refractivity contribution in [3.63, 3.8) is 0 Å². The van der Waals surface area contributed by atoms with E-state index >= 15 is 0 Å². The number of hydrogen-bond acceptors (Lipinski definition) is 2. The lowest BCUT2D eigenvalue weighted by Crippen LogP contribution is -2.38. The fourth-order valence-corrected chi connectivity index (χ4v) is 3.27. The Labute approximate surface area is 138 Å². The smallest absolute Gasteiger partial charge is 0.225 e. The van der Waals surface area contributed by atoms with E-state index in [1.165, 1.54) is 11.1 Å². The van der Waals surface area contributed by atoms with E-state index in [1.54, 1.807) is 0 Å². The van der Waals surface area contributed by atoms with E-state index in [4.69, 9.17) is 0 Å². The van der Waals surface area contributed by atoms with Gasteiger partial charge in [-0.25, -0.2) is 0 Å². The maximum Gasteiger partial charge on any atom is 0.225 e. The Bertz CT molecular complexity index is 580. The van der Waals surface area contributed by atoms with E-state index in [1.807, 2.05) is 21.9 Å². The van der Waals surface area contributed by atoms with Crippen molar-refractivity contribution in [1.29, 1.82) is 0 Å². The average molecular weight is 314 g/mol. The fraction of sp³-hybridized carbons (Fsp3) is 0.579. The SMILES string of the molecule is Cc1ccccc1CCC(=O)N1CCCN(C(=O)C2CC2)CC1. The van der Waals surface area contributed by atoms with Gasteiger partial charge < -0.3 is 9.80 Å². The van der Waals surface area contributed by atoms with E-state index in [0.717, 1.165) is 38.8 Å². The van der Waals surface area contributed by atoms with Crippen LogP contribution in [0.2, 0.25) is 0 Å². The van der Waals surface area contributed by atoms with Crippen molar-refractivity contribution < 1.29 is 9.59 Å². The molecule has 2 amide bonds. The van der Waals surface area contributed by atoms with Crippen LogP contribution in [0.15, 0.2) is 24.3 Å². The third-order valence-corrected chi connectivity index (χ3v) is 4.96. The summed E-state index contributed by atoms with van der Waals surface area (Å²) in [5, 5.41) is 0. The van der Waals surface area contributed by atoms with Gasteiger partial charge in [0.05, 0.1) is 0 Å². The second kappa shape index (κ2) is 7.16. The zero-order valence-corrected chi connectivity index (χ0v) is 14.0. The molecule has 1 saturated heterocycles. The average Bonchev–Trinajstić information content (AvgIpc) is 3.39. The molecule has 124 valence electrons. The predicted octanol–water partition coefficient (Wildman–Crippen LogP) is 2.40. The lowest BCUT2D eigenvalue weighted by Gasteiger charge is -2.22. The zero-order valence-electron chi connectivity index (χ0n) is 14.0. The number of hydrogen-bond donors (Lipinski definition) is 0. The first kappa shape index (κ1) is 16.0. The molecular formula is C19H26N2O2. The molecule has 4 heteroatoms. The van der Waals surface area contributed by atoms with Gasteiger partial charge >= 0.3 is 0 Å². The van der Waals surface area contributed by atoms with Gasteiger partial charge in [0.15, 0.2) is 0 Å². The first-order valence-electron chi connectivity index (χ1n) is 8.76. The number of carbonyl (C=O) groups excluding carboxylic acids is 2. The molecule has 3 rings (SSSR count). The molecule has 0 atom stereocenters. The van der Waals surface area contributed by atoms with E-state index in [2.05, 4.69) is 19.1 Å².